The zero-order valence-corrected chi connectivity index (χ0v) is 10.3. The van der Waals surface area contributed by atoms with Gasteiger partial charge in [0, 0.05) is 6.54 Å². The first kappa shape index (κ1) is 13.0. The fourth-order valence-corrected chi connectivity index (χ4v) is 2.06. The van der Waals surface area contributed by atoms with Gasteiger partial charge in [0.05, 0.1) is 25.3 Å². The van der Waals surface area contributed by atoms with Crippen molar-refractivity contribution in [3.05, 3.63) is 0 Å². The number of rotatable bonds is 3. The summed E-state index contributed by atoms with van der Waals surface area (Å²) in [5, 5.41) is 9.24. The van der Waals surface area contributed by atoms with Gasteiger partial charge >= 0.3 is 0 Å². The SMILES string of the molecule is CCC(C#N)(CC)C(=O)N1CCOCC1C. The van der Waals surface area contributed by atoms with Crippen molar-refractivity contribution in [1.29, 1.82) is 5.26 Å². The van der Waals surface area contributed by atoms with Gasteiger partial charge in [-0.3, -0.25) is 4.79 Å². The second kappa shape index (κ2) is 5.31. The summed E-state index contributed by atoms with van der Waals surface area (Å²) < 4.78 is 5.30. The first-order valence-corrected chi connectivity index (χ1v) is 5.91. The first-order valence-electron chi connectivity index (χ1n) is 5.91. The lowest BCUT2D eigenvalue weighted by Crippen LogP contribution is -2.52. The number of morpholine rings is 1. The molecule has 0 aromatic rings. The maximum atomic E-state index is 12.4. The molecule has 1 unspecified atom stereocenters. The second-order valence-corrected chi connectivity index (χ2v) is 4.32. The molecule has 1 fully saturated rings. The molecule has 16 heavy (non-hydrogen) atoms. The quantitative estimate of drug-likeness (QED) is 0.731. The summed E-state index contributed by atoms with van der Waals surface area (Å²) >= 11 is 0. The molecule has 4 heteroatoms. The molecule has 0 aliphatic carbocycles. The lowest BCUT2D eigenvalue weighted by molar-refractivity contribution is -0.147. The van der Waals surface area contributed by atoms with Crippen molar-refractivity contribution in [2.24, 2.45) is 5.41 Å². The largest absolute Gasteiger partial charge is 0.377 e. The summed E-state index contributed by atoms with van der Waals surface area (Å²) in [5.41, 5.74) is -0.842. The molecule has 1 saturated heterocycles. The van der Waals surface area contributed by atoms with Crippen LogP contribution in [0.25, 0.3) is 0 Å². The van der Waals surface area contributed by atoms with E-state index in [2.05, 4.69) is 6.07 Å². The van der Waals surface area contributed by atoms with Crippen LogP contribution in [0.1, 0.15) is 33.6 Å². The predicted octanol–water partition coefficient (Wildman–Crippen LogP) is 1.56. The Bertz CT molecular complexity index is 292. The lowest BCUT2D eigenvalue weighted by atomic mass is 9.82. The van der Waals surface area contributed by atoms with Crippen LogP contribution in [-0.2, 0) is 9.53 Å². The van der Waals surface area contributed by atoms with Crippen molar-refractivity contribution < 1.29 is 9.53 Å². The topological polar surface area (TPSA) is 53.3 Å². The van der Waals surface area contributed by atoms with E-state index in [4.69, 9.17) is 4.74 Å². The molecule has 1 rings (SSSR count). The average Bonchev–Trinajstić information content (AvgIpc) is 2.32. The average molecular weight is 224 g/mol. The molecule has 0 N–H and O–H groups in total. The van der Waals surface area contributed by atoms with Crippen LogP contribution in [0.2, 0.25) is 0 Å². The van der Waals surface area contributed by atoms with Gasteiger partial charge in [0.1, 0.15) is 5.41 Å². The number of amides is 1. The summed E-state index contributed by atoms with van der Waals surface area (Å²) in [4.78, 5) is 14.2. The fourth-order valence-electron chi connectivity index (χ4n) is 2.06. The van der Waals surface area contributed by atoms with Crippen LogP contribution in [0.3, 0.4) is 0 Å². The highest BCUT2D eigenvalue weighted by Gasteiger charge is 2.40. The van der Waals surface area contributed by atoms with Gasteiger partial charge in [0.2, 0.25) is 5.91 Å². The molecule has 1 heterocycles. The minimum absolute atomic E-state index is 0.0317. The maximum absolute atomic E-state index is 12.4. The maximum Gasteiger partial charge on any atom is 0.243 e. The standard InChI is InChI=1S/C12H20N2O2/c1-4-12(5-2,9-13)11(15)14-6-7-16-8-10(14)3/h10H,4-8H2,1-3H3. The van der Waals surface area contributed by atoms with E-state index in [0.29, 0.717) is 32.6 Å². The first-order chi connectivity index (χ1) is 7.61. The Morgan fingerprint density at radius 2 is 2.19 bits per heavy atom. The van der Waals surface area contributed by atoms with E-state index in [9.17, 15) is 10.1 Å². The number of carbonyl (C=O) groups is 1. The molecular formula is C12H20N2O2. The number of nitrogens with zero attached hydrogens (tertiary/aromatic N) is 2. The Kier molecular flexibility index (Phi) is 4.31. The summed E-state index contributed by atoms with van der Waals surface area (Å²) in [5.74, 6) is -0.0317. The van der Waals surface area contributed by atoms with Crippen molar-refractivity contribution in [2.45, 2.75) is 39.7 Å². The molecule has 0 aromatic carbocycles. The van der Waals surface area contributed by atoms with Crippen LogP contribution in [0.15, 0.2) is 0 Å². The third kappa shape index (κ3) is 2.19. The molecule has 4 nitrogen and oxygen atoms in total. The normalized spacial score (nSPS) is 21.6. The van der Waals surface area contributed by atoms with Crippen molar-refractivity contribution in [3.63, 3.8) is 0 Å². The summed E-state index contributed by atoms with van der Waals surface area (Å²) in [6, 6.07) is 2.28. The monoisotopic (exact) mass is 224 g/mol. The van der Waals surface area contributed by atoms with Crippen LogP contribution in [0.5, 0.6) is 0 Å². The fraction of sp³-hybridized carbons (Fsp3) is 0.833. The van der Waals surface area contributed by atoms with E-state index in [-0.39, 0.29) is 11.9 Å². The number of hydrogen-bond donors (Lipinski definition) is 0. The van der Waals surface area contributed by atoms with Crippen LogP contribution in [0.4, 0.5) is 0 Å². The molecule has 1 atom stereocenters. The van der Waals surface area contributed by atoms with E-state index < -0.39 is 5.41 Å². The Labute approximate surface area is 97.2 Å². The van der Waals surface area contributed by atoms with E-state index in [1.807, 2.05) is 20.8 Å². The van der Waals surface area contributed by atoms with Crippen LogP contribution < -0.4 is 0 Å². The van der Waals surface area contributed by atoms with Gasteiger partial charge in [0.25, 0.3) is 0 Å². The highest BCUT2D eigenvalue weighted by atomic mass is 16.5. The highest BCUT2D eigenvalue weighted by molar-refractivity contribution is 5.85. The van der Waals surface area contributed by atoms with Gasteiger partial charge in [-0.1, -0.05) is 13.8 Å². The van der Waals surface area contributed by atoms with Gasteiger partial charge < -0.3 is 9.64 Å². The Morgan fingerprint density at radius 3 is 2.62 bits per heavy atom. The van der Waals surface area contributed by atoms with Crippen LogP contribution in [-0.4, -0.2) is 36.6 Å². The Hall–Kier alpha value is -1.08. The van der Waals surface area contributed by atoms with E-state index in [1.165, 1.54) is 0 Å². The molecular weight excluding hydrogens is 204 g/mol. The smallest absolute Gasteiger partial charge is 0.243 e. The van der Waals surface area contributed by atoms with E-state index in [0.717, 1.165) is 0 Å². The minimum Gasteiger partial charge on any atom is -0.377 e. The number of hydrogen-bond acceptors (Lipinski definition) is 3. The Morgan fingerprint density at radius 1 is 1.56 bits per heavy atom. The summed E-state index contributed by atoms with van der Waals surface area (Å²) in [6.45, 7) is 7.51. The van der Waals surface area contributed by atoms with Gasteiger partial charge in [0.15, 0.2) is 0 Å². The van der Waals surface area contributed by atoms with Gasteiger partial charge in [-0.15, -0.1) is 0 Å². The van der Waals surface area contributed by atoms with Crippen molar-refractivity contribution in [1.82, 2.24) is 4.90 Å². The molecule has 90 valence electrons. The molecule has 0 saturated carbocycles. The van der Waals surface area contributed by atoms with Crippen LogP contribution >= 0.6 is 0 Å². The molecule has 0 spiro atoms. The minimum atomic E-state index is -0.842. The van der Waals surface area contributed by atoms with Gasteiger partial charge in [-0.25, -0.2) is 0 Å². The second-order valence-electron chi connectivity index (χ2n) is 4.32. The van der Waals surface area contributed by atoms with E-state index >= 15 is 0 Å². The third-order valence-electron chi connectivity index (χ3n) is 3.46. The number of nitriles is 1. The number of ether oxygens (including phenoxy) is 1. The zero-order valence-electron chi connectivity index (χ0n) is 10.3. The van der Waals surface area contributed by atoms with E-state index in [1.54, 1.807) is 4.90 Å². The van der Waals surface area contributed by atoms with Gasteiger partial charge in [-0.2, -0.15) is 5.26 Å². The van der Waals surface area contributed by atoms with Crippen molar-refractivity contribution in [2.75, 3.05) is 19.8 Å². The summed E-state index contributed by atoms with van der Waals surface area (Å²) in [6.07, 6.45) is 1.14. The highest BCUT2D eigenvalue weighted by Crippen LogP contribution is 2.29. The molecule has 1 aliphatic heterocycles. The van der Waals surface area contributed by atoms with Crippen molar-refractivity contribution >= 4 is 5.91 Å². The third-order valence-corrected chi connectivity index (χ3v) is 3.46. The summed E-state index contributed by atoms with van der Waals surface area (Å²) in [7, 11) is 0. The predicted molar refractivity (Wildman–Crippen MR) is 60.6 cm³/mol. The van der Waals surface area contributed by atoms with Gasteiger partial charge in [-0.05, 0) is 19.8 Å². The number of carbonyl (C=O) groups excluding carboxylic acids is 1. The molecule has 0 radical (unpaired) electrons. The molecule has 1 aliphatic rings. The van der Waals surface area contributed by atoms with Crippen molar-refractivity contribution in [3.8, 4) is 6.07 Å². The molecule has 0 aromatic heterocycles. The molecule has 1 amide bonds. The zero-order chi connectivity index (χ0) is 12.2. The Balaban J connectivity index is 2.86. The lowest BCUT2D eigenvalue weighted by Gasteiger charge is -2.38. The van der Waals surface area contributed by atoms with Crippen LogP contribution in [0, 0.1) is 16.7 Å². The molecule has 0 bridgehead atoms.